The summed E-state index contributed by atoms with van der Waals surface area (Å²) in [6.45, 7) is 0. The molecule has 0 radical (unpaired) electrons. The summed E-state index contributed by atoms with van der Waals surface area (Å²) in [6, 6.07) is 1.18. The van der Waals surface area contributed by atoms with E-state index in [1.54, 1.807) is 0 Å². The Kier molecular flexibility index (Phi) is 2.22. The van der Waals surface area contributed by atoms with Gasteiger partial charge in [0.2, 0.25) is 0 Å². The third-order valence-electron chi connectivity index (χ3n) is 1.72. The van der Waals surface area contributed by atoms with E-state index < -0.39 is 17.9 Å². The lowest BCUT2D eigenvalue weighted by atomic mass is 10.4. The van der Waals surface area contributed by atoms with Gasteiger partial charge in [0.15, 0.2) is 11.5 Å². The highest BCUT2D eigenvalue weighted by atomic mass is 79.9. The summed E-state index contributed by atoms with van der Waals surface area (Å²) in [7, 11) is 0. The molecule has 0 saturated heterocycles. The number of hydrogen-bond donors (Lipinski definition) is 0. The maximum atomic E-state index is 13.2. The van der Waals surface area contributed by atoms with Crippen LogP contribution in [-0.2, 0) is 0 Å². The number of aromatic nitrogens is 2. The fourth-order valence-electron chi connectivity index (χ4n) is 1.15. The van der Waals surface area contributed by atoms with Crippen molar-refractivity contribution in [2.24, 2.45) is 0 Å². The van der Waals surface area contributed by atoms with Crippen molar-refractivity contribution in [3.05, 3.63) is 34.4 Å². The van der Waals surface area contributed by atoms with E-state index in [1.165, 1.54) is 16.7 Å². The Morgan fingerprint density at radius 3 is 2.71 bits per heavy atom. The molecule has 0 aliphatic heterocycles. The fraction of sp³-hybridized carbons (Fsp3) is 0.125. The van der Waals surface area contributed by atoms with Gasteiger partial charge in [0.25, 0.3) is 6.43 Å². The molecule has 0 saturated carbocycles. The zero-order valence-corrected chi connectivity index (χ0v) is 8.30. The summed E-state index contributed by atoms with van der Waals surface area (Å²) < 4.78 is 39.3. The zero-order chi connectivity index (χ0) is 10.3. The van der Waals surface area contributed by atoms with E-state index in [-0.39, 0.29) is 5.65 Å². The van der Waals surface area contributed by atoms with Crippen LogP contribution in [0.2, 0.25) is 0 Å². The van der Waals surface area contributed by atoms with Gasteiger partial charge >= 0.3 is 0 Å². The molecule has 6 heteroatoms. The Bertz CT molecular complexity index is 481. The van der Waals surface area contributed by atoms with Crippen LogP contribution in [-0.4, -0.2) is 9.38 Å². The van der Waals surface area contributed by atoms with Crippen LogP contribution >= 0.6 is 15.9 Å². The van der Waals surface area contributed by atoms with E-state index in [1.807, 2.05) is 0 Å². The van der Waals surface area contributed by atoms with Gasteiger partial charge in [-0.3, -0.25) is 0 Å². The lowest BCUT2D eigenvalue weighted by Gasteiger charge is -1.94. The SMILES string of the molecule is Fc1cc(Br)cn2cc(C(F)F)nc12. The van der Waals surface area contributed by atoms with E-state index in [2.05, 4.69) is 20.9 Å². The fourth-order valence-corrected chi connectivity index (χ4v) is 1.57. The molecule has 0 amide bonds. The number of alkyl halides is 2. The molecule has 0 atom stereocenters. The van der Waals surface area contributed by atoms with Gasteiger partial charge < -0.3 is 4.40 Å². The summed E-state index contributed by atoms with van der Waals surface area (Å²) in [5.41, 5.74) is -0.523. The highest BCUT2D eigenvalue weighted by Crippen LogP contribution is 2.21. The molecular weight excluding hydrogens is 261 g/mol. The number of halogens is 4. The van der Waals surface area contributed by atoms with Gasteiger partial charge in [-0.1, -0.05) is 0 Å². The van der Waals surface area contributed by atoms with Gasteiger partial charge in [0, 0.05) is 16.9 Å². The molecule has 0 aliphatic carbocycles. The summed E-state index contributed by atoms with van der Waals surface area (Å²) in [5, 5.41) is 0. The van der Waals surface area contributed by atoms with E-state index >= 15 is 0 Å². The van der Waals surface area contributed by atoms with Crippen molar-refractivity contribution >= 4 is 21.6 Å². The Morgan fingerprint density at radius 2 is 2.07 bits per heavy atom. The zero-order valence-electron chi connectivity index (χ0n) is 6.72. The van der Waals surface area contributed by atoms with Crippen molar-refractivity contribution in [1.29, 1.82) is 0 Å². The van der Waals surface area contributed by atoms with Crippen molar-refractivity contribution in [3.63, 3.8) is 0 Å². The second kappa shape index (κ2) is 3.27. The number of nitrogens with zero attached hydrogens (tertiary/aromatic N) is 2. The molecule has 0 fully saturated rings. The second-order valence-electron chi connectivity index (χ2n) is 2.70. The van der Waals surface area contributed by atoms with Crippen LogP contribution in [0.15, 0.2) is 22.9 Å². The largest absolute Gasteiger partial charge is 0.303 e. The summed E-state index contributed by atoms with van der Waals surface area (Å²) in [6.07, 6.45) is -0.112. The highest BCUT2D eigenvalue weighted by molar-refractivity contribution is 9.10. The van der Waals surface area contributed by atoms with Crippen molar-refractivity contribution < 1.29 is 13.2 Å². The standard InChI is InChI=1S/C8H4BrF3N2/c9-4-1-5(10)8-13-6(7(11)12)3-14(8)2-4/h1-3,7H. The van der Waals surface area contributed by atoms with Gasteiger partial charge in [-0.2, -0.15) is 0 Å². The molecule has 0 aliphatic rings. The van der Waals surface area contributed by atoms with Gasteiger partial charge in [-0.25, -0.2) is 18.2 Å². The molecule has 2 aromatic rings. The van der Waals surface area contributed by atoms with Crippen LogP contribution in [0.1, 0.15) is 12.1 Å². The molecule has 0 spiro atoms. The van der Waals surface area contributed by atoms with Gasteiger partial charge in [-0.15, -0.1) is 0 Å². The minimum absolute atomic E-state index is 0.0940. The van der Waals surface area contributed by atoms with E-state index in [4.69, 9.17) is 0 Å². The van der Waals surface area contributed by atoms with Crippen molar-refractivity contribution in [2.45, 2.75) is 6.43 Å². The first-order chi connectivity index (χ1) is 6.58. The highest BCUT2D eigenvalue weighted by Gasteiger charge is 2.14. The van der Waals surface area contributed by atoms with Gasteiger partial charge in [-0.05, 0) is 22.0 Å². The van der Waals surface area contributed by atoms with E-state index in [9.17, 15) is 13.2 Å². The summed E-state index contributed by atoms with van der Waals surface area (Å²) >= 11 is 3.05. The quantitative estimate of drug-likeness (QED) is 0.774. The molecule has 0 aromatic carbocycles. The van der Waals surface area contributed by atoms with Gasteiger partial charge in [0.05, 0.1) is 0 Å². The van der Waals surface area contributed by atoms with Crippen molar-refractivity contribution in [1.82, 2.24) is 9.38 Å². The second-order valence-corrected chi connectivity index (χ2v) is 3.62. The molecule has 14 heavy (non-hydrogen) atoms. The molecule has 2 nitrogen and oxygen atoms in total. The van der Waals surface area contributed by atoms with Crippen molar-refractivity contribution in [2.75, 3.05) is 0 Å². The lowest BCUT2D eigenvalue weighted by Crippen LogP contribution is -1.87. The predicted molar refractivity (Wildman–Crippen MR) is 47.8 cm³/mol. The van der Waals surface area contributed by atoms with Crippen LogP contribution in [0.3, 0.4) is 0 Å². The smallest absolute Gasteiger partial charge is 0.281 e. The molecule has 2 heterocycles. The average Bonchev–Trinajstić information content (AvgIpc) is 2.47. The normalized spacial score (nSPS) is 11.5. The monoisotopic (exact) mass is 264 g/mol. The first-order valence-electron chi connectivity index (χ1n) is 3.69. The first kappa shape index (κ1) is 9.51. The van der Waals surface area contributed by atoms with Crippen LogP contribution in [0.5, 0.6) is 0 Å². The Labute approximate surface area is 85.5 Å². The molecule has 0 bridgehead atoms. The third-order valence-corrected chi connectivity index (χ3v) is 2.15. The van der Waals surface area contributed by atoms with E-state index in [0.29, 0.717) is 4.47 Å². The van der Waals surface area contributed by atoms with Crippen LogP contribution < -0.4 is 0 Å². The van der Waals surface area contributed by atoms with Crippen molar-refractivity contribution in [3.8, 4) is 0 Å². The van der Waals surface area contributed by atoms with Crippen LogP contribution in [0.4, 0.5) is 13.2 Å². The maximum absolute atomic E-state index is 13.2. The molecule has 2 aromatic heterocycles. The number of fused-ring (bicyclic) bond motifs is 1. The van der Waals surface area contributed by atoms with Crippen LogP contribution in [0.25, 0.3) is 5.65 Å². The Balaban J connectivity index is 2.70. The number of imidazole rings is 1. The molecule has 2 rings (SSSR count). The molecule has 74 valence electrons. The summed E-state index contributed by atoms with van der Waals surface area (Å²) in [5.74, 6) is -0.633. The Hall–Kier alpha value is -1.04. The minimum atomic E-state index is -2.69. The molecular formula is C8H4BrF3N2. The number of hydrogen-bond acceptors (Lipinski definition) is 1. The first-order valence-corrected chi connectivity index (χ1v) is 4.49. The maximum Gasteiger partial charge on any atom is 0.281 e. The minimum Gasteiger partial charge on any atom is -0.303 e. The van der Waals surface area contributed by atoms with Crippen LogP contribution in [0, 0.1) is 5.82 Å². The summed E-state index contributed by atoms with van der Waals surface area (Å²) in [4.78, 5) is 3.47. The van der Waals surface area contributed by atoms with E-state index in [0.717, 1.165) is 6.20 Å². The third kappa shape index (κ3) is 1.50. The average molecular weight is 265 g/mol. The molecule has 0 N–H and O–H groups in total. The lowest BCUT2D eigenvalue weighted by molar-refractivity contribution is 0.147. The number of pyridine rings is 1. The topological polar surface area (TPSA) is 17.3 Å². The molecule has 0 unspecified atom stereocenters. The number of rotatable bonds is 1. The Morgan fingerprint density at radius 1 is 1.36 bits per heavy atom. The van der Waals surface area contributed by atoms with Gasteiger partial charge in [0.1, 0.15) is 5.69 Å². The predicted octanol–water partition coefficient (Wildman–Crippen LogP) is 3.17.